The molecule has 0 amide bonds. The van der Waals surface area contributed by atoms with Gasteiger partial charge in [-0.3, -0.25) is 14.2 Å². The van der Waals surface area contributed by atoms with Gasteiger partial charge in [-0.1, -0.05) is 36.4 Å². The van der Waals surface area contributed by atoms with E-state index in [0.717, 1.165) is 23.1 Å². The lowest BCUT2D eigenvalue weighted by Crippen LogP contribution is -2.06. The van der Waals surface area contributed by atoms with E-state index in [9.17, 15) is 4.79 Å². The molecular formula is C19H15N5O. The van der Waals surface area contributed by atoms with Crippen LogP contribution in [0.4, 0.5) is 5.82 Å². The van der Waals surface area contributed by atoms with Gasteiger partial charge in [0.25, 0.3) is 0 Å². The maximum Gasteiger partial charge on any atom is 0.180 e. The van der Waals surface area contributed by atoms with Crippen LogP contribution in [-0.2, 0) is 6.54 Å². The molecule has 0 radical (unpaired) electrons. The average molecular weight is 329 g/mol. The number of nitrogens with one attached hydrogen (secondary N) is 1. The fourth-order valence-electron chi connectivity index (χ4n) is 2.65. The third-order valence-electron chi connectivity index (χ3n) is 3.89. The molecule has 0 spiro atoms. The van der Waals surface area contributed by atoms with Gasteiger partial charge < -0.3 is 5.32 Å². The third-order valence-corrected chi connectivity index (χ3v) is 3.89. The maximum absolute atomic E-state index is 11.3. The topological polar surface area (TPSA) is 72.2 Å². The quantitative estimate of drug-likeness (QED) is 0.569. The van der Waals surface area contributed by atoms with Gasteiger partial charge in [0.1, 0.15) is 5.69 Å². The molecule has 1 N–H and O–H groups in total. The van der Waals surface area contributed by atoms with E-state index in [0.29, 0.717) is 23.7 Å². The predicted molar refractivity (Wildman–Crippen MR) is 95.4 cm³/mol. The fraction of sp³-hybridized carbons (Fsp3) is 0.0526. The molecule has 3 aromatic heterocycles. The minimum atomic E-state index is 0.485. The summed E-state index contributed by atoms with van der Waals surface area (Å²) in [7, 11) is 0. The molecule has 0 aliphatic carbocycles. The SMILES string of the molecule is O=Cc1cnc2c(NCc3cccnc3)nc(-c3ccccc3)cn12. The Morgan fingerprint density at radius 1 is 1.08 bits per heavy atom. The summed E-state index contributed by atoms with van der Waals surface area (Å²) in [5.41, 5.74) is 3.88. The molecule has 4 rings (SSSR count). The standard InChI is InChI=1S/C19H15N5O/c25-13-16-11-22-19-18(21-10-14-5-4-8-20-9-14)23-17(12-24(16)19)15-6-2-1-3-7-15/h1-9,11-13H,10H2,(H,21,23). The van der Waals surface area contributed by atoms with Gasteiger partial charge in [0.2, 0.25) is 0 Å². The number of aromatic nitrogens is 4. The van der Waals surface area contributed by atoms with Gasteiger partial charge in [0, 0.05) is 30.7 Å². The Balaban J connectivity index is 1.78. The van der Waals surface area contributed by atoms with E-state index >= 15 is 0 Å². The number of benzene rings is 1. The van der Waals surface area contributed by atoms with Gasteiger partial charge in [-0.15, -0.1) is 0 Å². The molecule has 0 saturated carbocycles. The lowest BCUT2D eigenvalue weighted by Gasteiger charge is -2.10. The third kappa shape index (κ3) is 2.97. The summed E-state index contributed by atoms with van der Waals surface area (Å²) >= 11 is 0. The first kappa shape index (κ1) is 15.0. The largest absolute Gasteiger partial charge is 0.363 e. The van der Waals surface area contributed by atoms with E-state index in [4.69, 9.17) is 4.98 Å². The Morgan fingerprint density at radius 3 is 2.72 bits per heavy atom. The number of hydrogen-bond acceptors (Lipinski definition) is 5. The number of rotatable bonds is 5. The number of carbonyl (C=O) groups excluding carboxylic acids is 1. The Morgan fingerprint density at radius 2 is 1.96 bits per heavy atom. The molecule has 4 aromatic rings. The van der Waals surface area contributed by atoms with E-state index in [1.54, 1.807) is 23.0 Å². The van der Waals surface area contributed by atoms with Crippen LogP contribution in [0.3, 0.4) is 0 Å². The first-order valence-electron chi connectivity index (χ1n) is 7.86. The van der Waals surface area contributed by atoms with Crippen LogP contribution in [0, 0.1) is 0 Å². The molecule has 0 aliphatic rings. The molecule has 3 heterocycles. The molecule has 1 aromatic carbocycles. The van der Waals surface area contributed by atoms with Crippen LogP contribution in [0.5, 0.6) is 0 Å². The first-order valence-corrected chi connectivity index (χ1v) is 7.86. The summed E-state index contributed by atoms with van der Waals surface area (Å²) in [5, 5.41) is 3.30. The van der Waals surface area contributed by atoms with E-state index in [2.05, 4.69) is 15.3 Å². The van der Waals surface area contributed by atoms with Crippen molar-refractivity contribution >= 4 is 17.8 Å². The molecule has 6 nitrogen and oxygen atoms in total. The Labute approximate surface area is 144 Å². The number of anilines is 1. The highest BCUT2D eigenvalue weighted by Crippen LogP contribution is 2.23. The van der Waals surface area contributed by atoms with Gasteiger partial charge in [0.05, 0.1) is 11.9 Å². The Hall–Kier alpha value is -3.54. The highest BCUT2D eigenvalue weighted by Gasteiger charge is 2.12. The zero-order chi connectivity index (χ0) is 17.1. The Kier molecular flexibility index (Phi) is 3.92. The van der Waals surface area contributed by atoms with Crippen LogP contribution in [0.25, 0.3) is 16.9 Å². The zero-order valence-electron chi connectivity index (χ0n) is 13.3. The predicted octanol–water partition coefficient (Wildman–Crippen LogP) is 3.22. The number of carbonyl (C=O) groups is 1. The minimum Gasteiger partial charge on any atom is -0.363 e. The summed E-state index contributed by atoms with van der Waals surface area (Å²) in [6, 6.07) is 13.7. The molecule has 0 saturated heterocycles. The summed E-state index contributed by atoms with van der Waals surface area (Å²) in [6.45, 7) is 0.567. The van der Waals surface area contributed by atoms with Gasteiger partial charge in [-0.2, -0.15) is 0 Å². The van der Waals surface area contributed by atoms with Crippen molar-refractivity contribution in [2.75, 3.05) is 5.32 Å². The Bertz CT molecular complexity index is 1010. The van der Waals surface area contributed by atoms with Crippen molar-refractivity contribution in [3.05, 3.63) is 78.5 Å². The lowest BCUT2D eigenvalue weighted by atomic mass is 10.2. The van der Waals surface area contributed by atoms with Crippen molar-refractivity contribution in [3.63, 3.8) is 0 Å². The second-order valence-corrected chi connectivity index (χ2v) is 5.55. The van der Waals surface area contributed by atoms with Crippen molar-refractivity contribution in [3.8, 4) is 11.3 Å². The van der Waals surface area contributed by atoms with Crippen LogP contribution in [-0.4, -0.2) is 25.6 Å². The number of hydrogen-bond donors (Lipinski definition) is 1. The molecule has 25 heavy (non-hydrogen) atoms. The van der Waals surface area contributed by atoms with Crippen molar-refractivity contribution in [1.82, 2.24) is 19.4 Å². The van der Waals surface area contributed by atoms with Gasteiger partial charge in [0.15, 0.2) is 17.8 Å². The number of imidazole rings is 1. The molecule has 0 aliphatic heterocycles. The number of aldehydes is 1. The highest BCUT2D eigenvalue weighted by atomic mass is 16.1. The summed E-state index contributed by atoms with van der Waals surface area (Å²) in [6.07, 6.45) is 7.71. The van der Waals surface area contributed by atoms with Crippen molar-refractivity contribution in [1.29, 1.82) is 0 Å². The smallest absolute Gasteiger partial charge is 0.180 e. The van der Waals surface area contributed by atoms with Crippen LogP contribution in [0.1, 0.15) is 16.1 Å². The van der Waals surface area contributed by atoms with Gasteiger partial charge in [-0.05, 0) is 11.6 Å². The van der Waals surface area contributed by atoms with Gasteiger partial charge in [-0.25, -0.2) is 9.97 Å². The normalized spacial score (nSPS) is 10.7. The highest BCUT2D eigenvalue weighted by molar-refractivity contribution is 5.78. The van der Waals surface area contributed by atoms with E-state index in [1.807, 2.05) is 48.7 Å². The molecule has 0 fully saturated rings. The zero-order valence-corrected chi connectivity index (χ0v) is 13.3. The first-order chi connectivity index (χ1) is 12.3. The van der Waals surface area contributed by atoms with Crippen molar-refractivity contribution in [2.45, 2.75) is 6.54 Å². The summed E-state index contributed by atoms with van der Waals surface area (Å²) < 4.78 is 1.76. The van der Waals surface area contributed by atoms with E-state index < -0.39 is 0 Å². The van der Waals surface area contributed by atoms with Gasteiger partial charge >= 0.3 is 0 Å². The fourth-order valence-corrected chi connectivity index (χ4v) is 2.65. The molecular weight excluding hydrogens is 314 g/mol. The van der Waals surface area contributed by atoms with Crippen LogP contribution in [0.2, 0.25) is 0 Å². The second-order valence-electron chi connectivity index (χ2n) is 5.55. The van der Waals surface area contributed by atoms with Crippen LogP contribution in [0.15, 0.2) is 67.3 Å². The molecule has 6 heteroatoms. The maximum atomic E-state index is 11.3. The second kappa shape index (κ2) is 6.52. The minimum absolute atomic E-state index is 0.485. The van der Waals surface area contributed by atoms with E-state index in [1.165, 1.54) is 0 Å². The van der Waals surface area contributed by atoms with E-state index in [-0.39, 0.29) is 0 Å². The van der Waals surface area contributed by atoms with Crippen LogP contribution >= 0.6 is 0 Å². The molecule has 122 valence electrons. The number of nitrogens with zero attached hydrogens (tertiary/aromatic N) is 4. The van der Waals surface area contributed by atoms with Crippen molar-refractivity contribution in [2.24, 2.45) is 0 Å². The average Bonchev–Trinajstić information content (AvgIpc) is 3.11. The van der Waals surface area contributed by atoms with Crippen LogP contribution < -0.4 is 5.32 Å². The summed E-state index contributed by atoms with van der Waals surface area (Å²) in [4.78, 5) is 24.5. The molecule has 0 unspecified atom stereocenters. The number of fused-ring (bicyclic) bond motifs is 1. The molecule has 0 bridgehead atoms. The van der Waals surface area contributed by atoms with Crippen molar-refractivity contribution < 1.29 is 4.79 Å². The molecule has 0 atom stereocenters. The monoisotopic (exact) mass is 329 g/mol. The number of pyridine rings is 1. The summed E-state index contributed by atoms with van der Waals surface area (Å²) in [5.74, 6) is 0.623. The lowest BCUT2D eigenvalue weighted by molar-refractivity contribution is 0.111.